The molecule has 1 unspecified atom stereocenters. The van der Waals surface area contributed by atoms with Crippen molar-refractivity contribution in [1.82, 2.24) is 15.6 Å². The predicted octanol–water partition coefficient (Wildman–Crippen LogP) is 2.30. The van der Waals surface area contributed by atoms with Crippen molar-refractivity contribution >= 4 is 41.3 Å². The summed E-state index contributed by atoms with van der Waals surface area (Å²) in [5.74, 6) is 0.839. The highest BCUT2D eigenvalue weighted by Crippen LogP contribution is 2.12. The van der Waals surface area contributed by atoms with Crippen LogP contribution in [-0.4, -0.2) is 36.7 Å². The van der Waals surface area contributed by atoms with E-state index in [4.69, 9.17) is 4.74 Å². The van der Waals surface area contributed by atoms with Gasteiger partial charge in [-0.2, -0.15) is 0 Å². The van der Waals surface area contributed by atoms with Crippen LogP contribution in [0.2, 0.25) is 0 Å². The SMILES string of the molecule is CCNC(=NCc1ncc(C)s1)NCC1CCCO1.I. The van der Waals surface area contributed by atoms with Gasteiger partial charge in [0.15, 0.2) is 5.96 Å². The molecule has 20 heavy (non-hydrogen) atoms. The van der Waals surface area contributed by atoms with Crippen LogP contribution in [-0.2, 0) is 11.3 Å². The standard InChI is InChI=1S/C13H22N4OS.HI/c1-3-14-13(16-8-11-5-4-6-18-11)17-9-12-15-7-10(2)19-12;/h7,11H,3-6,8-9H2,1-2H3,(H2,14,16,17);1H. The molecule has 0 aliphatic carbocycles. The van der Waals surface area contributed by atoms with Crippen molar-refractivity contribution in [3.8, 4) is 0 Å². The van der Waals surface area contributed by atoms with Gasteiger partial charge in [-0.25, -0.2) is 9.98 Å². The number of guanidine groups is 1. The van der Waals surface area contributed by atoms with Crippen molar-refractivity contribution in [3.05, 3.63) is 16.1 Å². The van der Waals surface area contributed by atoms with Gasteiger partial charge in [0.2, 0.25) is 0 Å². The van der Waals surface area contributed by atoms with Gasteiger partial charge < -0.3 is 15.4 Å². The smallest absolute Gasteiger partial charge is 0.191 e. The number of aryl methyl sites for hydroxylation is 1. The number of ether oxygens (including phenoxy) is 1. The Morgan fingerprint density at radius 1 is 1.55 bits per heavy atom. The molecule has 1 fully saturated rings. The van der Waals surface area contributed by atoms with Gasteiger partial charge in [-0.3, -0.25) is 0 Å². The Morgan fingerprint density at radius 2 is 2.40 bits per heavy atom. The number of aromatic nitrogens is 1. The molecule has 0 amide bonds. The van der Waals surface area contributed by atoms with Crippen molar-refractivity contribution in [3.63, 3.8) is 0 Å². The van der Waals surface area contributed by atoms with Crippen molar-refractivity contribution in [2.45, 2.75) is 39.3 Å². The van der Waals surface area contributed by atoms with Crippen LogP contribution in [0.5, 0.6) is 0 Å². The van der Waals surface area contributed by atoms with Crippen LogP contribution < -0.4 is 10.6 Å². The molecule has 1 aromatic rings. The molecule has 7 heteroatoms. The van der Waals surface area contributed by atoms with Gasteiger partial charge in [-0.05, 0) is 26.7 Å². The predicted molar refractivity (Wildman–Crippen MR) is 94.1 cm³/mol. The van der Waals surface area contributed by atoms with Crippen LogP contribution in [0.4, 0.5) is 0 Å². The second-order valence-corrected chi connectivity index (χ2v) is 5.90. The van der Waals surface area contributed by atoms with Gasteiger partial charge in [-0.1, -0.05) is 0 Å². The molecule has 1 aliphatic rings. The van der Waals surface area contributed by atoms with Gasteiger partial charge in [0.1, 0.15) is 5.01 Å². The van der Waals surface area contributed by atoms with E-state index in [-0.39, 0.29) is 24.0 Å². The third kappa shape index (κ3) is 5.92. The second kappa shape index (κ2) is 9.51. The molecular formula is C13H23IN4OS. The summed E-state index contributed by atoms with van der Waals surface area (Å²) < 4.78 is 5.59. The summed E-state index contributed by atoms with van der Waals surface area (Å²) in [6.45, 7) is 7.32. The first-order chi connectivity index (χ1) is 9.28. The molecular weight excluding hydrogens is 387 g/mol. The summed E-state index contributed by atoms with van der Waals surface area (Å²) in [6, 6.07) is 0. The molecule has 0 spiro atoms. The van der Waals surface area contributed by atoms with E-state index in [2.05, 4.69) is 34.5 Å². The molecule has 2 N–H and O–H groups in total. The van der Waals surface area contributed by atoms with Gasteiger partial charge in [0.05, 0.1) is 12.6 Å². The molecule has 2 heterocycles. The van der Waals surface area contributed by atoms with Crippen molar-refractivity contribution in [2.75, 3.05) is 19.7 Å². The van der Waals surface area contributed by atoms with E-state index >= 15 is 0 Å². The first-order valence-electron chi connectivity index (χ1n) is 6.83. The van der Waals surface area contributed by atoms with Crippen molar-refractivity contribution in [1.29, 1.82) is 0 Å². The fraction of sp³-hybridized carbons (Fsp3) is 0.692. The number of thiazole rings is 1. The monoisotopic (exact) mass is 410 g/mol. The molecule has 1 atom stereocenters. The third-order valence-corrected chi connectivity index (χ3v) is 3.80. The number of nitrogens with one attached hydrogen (secondary N) is 2. The topological polar surface area (TPSA) is 58.5 Å². The zero-order valence-corrected chi connectivity index (χ0v) is 15.2. The Morgan fingerprint density at radius 3 is 3.00 bits per heavy atom. The maximum Gasteiger partial charge on any atom is 0.191 e. The molecule has 1 aliphatic heterocycles. The van der Waals surface area contributed by atoms with Gasteiger partial charge >= 0.3 is 0 Å². The molecule has 0 aromatic carbocycles. The lowest BCUT2D eigenvalue weighted by molar-refractivity contribution is 0.114. The largest absolute Gasteiger partial charge is 0.376 e. The van der Waals surface area contributed by atoms with Crippen LogP contribution >= 0.6 is 35.3 Å². The molecule has 1 saturated heterocycles. The van der Waals surface area contributed by atoms with E-state index in [9.17, 15) is 0 Å². The van der Waals surface area contributed by atoms with Crippen molar-refractivity contribution < 1.29 is 4.74 Å². The summed E-state index contributed by atoms with van der Waals surface area (Å²) in [5, 5.41) is 7.62. The van der Waals surface area contributed by atoms with E-state index in [0.29, 0.717) is 12.6 Å². The summed E-state index contributed by atoms with van der Waals surface area (Å²) in [4.78, 5) is 10.1. The lowest BCUT2D eigenvalue weighted by Crippen LogP contribution is -2.41. The molecule has 2 rings (SSSR count). The number of hydrogen-bond acceptors (Lipinski definition) is 4. The zero-order chi connectivity index (χ0) is 13.5. The Bertz CT molecular complexity index is 418. The Kier molecular flexibility index (Phi) is 8.39. The Labute approximate surface area is 141 Å². The van der Waals surface area contributed by atoms with Gasteiger partial charge in [0, 0.05) is 30.8 Å². The molecule has 1 aromatic heterocycles. The first-order valence-corrected chi connectivity index (χ1v) is 7.64. The highest BCUT2D eigenvalue weighted by atomic mass is 127. The lowest BCUT2D eigenvalue weighted by Gasteiger charge is -2.14. The fourth-order valence-electron chi connectivity index (χ4n) is 1.98. The Hall–Kier alpha value is -0.410. The minimum Gasteiger partial charge on any atom is -0.376 e. The van der Waals surface area contributed by atoms with E-state index in [1.807, 2.05) is 6.20 Å². The average Bonchev–Trinajstić information content (AvgIpc) is 3.04. The zero-order valence-electron chi connectivity index (χ0n) is 12.0. The normalized spacial score (nSPS) is 18.7. The highest BCUT2D eigenvalue weighted by molar-refractivity contribution is 14.0. The molecule has 0 bridgehead atoms. The van der Waals surface area contributed by atoms with Crippen LogP contribution in [0.3, 0.4) is 0 Å². The molecule has 114 valence electrons. The summed E-state index contributed by atoms with van der Waals surface area (Å²) in [5.41, 5.74) is 0. The minimum absolute atomic E-state index is 0. The fourth-order valence-corrected chi connectivity index (χ4v) is 2.69. The first kappa shape index (κ1) is 17.6. The van der Waals surface area contributed by atoms with E-state index in [0.717, 1.165) is 37.1 Å². The minimum atomic E-state index is 0. The van der Waals surface area contributed by atoms with Gasteiger partial charge in [0.25, 0.3) is 0 Å². The van der Waals surface area contributed by atoms with E-state index in [1.54, 1.807) is 11.3 Å². The molecule has 5 nitrogen and oxygen atoms in total. The lowest BCUT2D eigenvalue weighted by atomic mass is 10.2. The number of aliphatic imine (C=N–C) groups is 1. The summed E-state index contributed by atoms with van der Waals surface area (Å²) >= 11 is 1.69. The molecule has 0 radical (unpaired) electrons. The number of nitrogens with zero attached hydrogens (tertiary/aromatic N) is 2. The number of hydrogen-bond donors (Lipinski definition) is 2. The number of rotatable bonds is 5. The van der Waals surface area contributed by atoms with Crippen LogP contribution in [0.25, 0.3) is 0 Å². The van der Waals surface area contributed by atoms with Gasteiger partial charge in [-0.15, -0.1) is 35.3 Å². The van der Waals surface area contributed by atoms with E-state index in [1.165, 1.54) is 11.3 Å². The third-order valence-electron chi connectivity index (χ3n) is 2.91. The second-order valence-electron chi connectivity index (χ2n) is 4.58. The van der Waals surface area contributed by atoms with Crippen LogP contribution in [0.1, 0.15) is 29.7 Å². The average molecular weight is 410 g/mol. The van der Waals surface area contributed by atoms with Crippen LogP contribution in [0.15, 0.2) is 11.2 Å². The van der Waals surface area contributed by atoms with Crippen LogP contribution in [0, 0.1) is 6.92 Å². The van der Waals surface area contributed by atoms with Crippen molar-refractivity contribution in [2.24, 2.45) is 4.99 Å². The van der Waals surface area contributed by atoms with E-state index < -0.39 is 0 Å². The maximum atomic E-state index is 5.59. The quantitative estimate of drug-likeness (QED) is 0.445. The summed E-state index contributed by atoms with van der Waals surface area (Å²) in [7, 11) is 0. The Balaban J connectivity index is 0.00000200. The number of halogens is 1. The maximum absolute atomic E-state index is 5.59. The summed E-state index contributed by atoms with van der Waals surface area (Å²) in [6.07, 6.45) is 4.52. The molecule has 0 saturated carbocycles. The highest BCUT2D eigenvalue weighted by Gasteiger charge is 2.15.